The van der Waals surface area contributed by atoms with E-state index in [0.717, 1.165) is 38.5 Å². The third kappa shape index (κ3) is 3.65. The van der Waals surface area contributed by atoms with Gasteiger partial charge in [0.2, 0.25) is 0 Å². The van der Waals surface area contributed by atoms with Gasteiger partial charge in [-0.05, 0) is 50.5 Å². The molecule has 28 heavy (non-hydrogen) atoms. The lowest BCUT2D eigenvalue weighted by Crippen LogP contribution is -2.35. The summed E-state index contributed by atoms with van der Waals surface area (Å²) in [4.78, 5) is 29.1. The van der Waals surface area contributed by atoms with Crippen LogP contribution >= 0.6 is 11.6 Å². The second-order valence-corrected chi connectivity index (χ2v) is 8.11. The number of carboxylic acids is 1. The summed E-state index contributed by atoms with van der Waals surface area (Å²) < 4.78 is 1.37. The Bertz CT molecular complexity index is 924. The number of benzene rings is 1. The summed E-state index contributed by atoms with van der Waals surface area (Å²) in [6.07, 6.45) is 6.07. The zero-order chi connectivity index (χ0) is 19.7. The maximum absolute atomic E-state index is 13.0. The van der Waals surface area contributed by atoms with E-state index in [-0.39, 0.29) is 28.5 Å². The van der Waals surface area contributed by atoms with Crippen LogP contribution in [-0.4, -0.2) is 26.7 Å². The van der Waals surface area contributed by atoms with Crippen molar-refractivity contribution < 1.29 is 9.90 Å². The Labute approximate surface area is 168 Å². The first-order valence-electron chi connectivity index (χ1n) is 9.89. The number of hydrogen-bond acceptors (Lipinski definition) is 4. The molecule has 4 rings (SSSR count). The molecule has 0 radical (unpaired) electrons. The summed E-state index contributed by atoms with van der Waals surface area (Å²) in [6, 6.07) is 9.52. The van der Waals surface area contributed by atoms with Gasteiger partial charge in [-0.1, -0.05) is 41.9 Å². The van der Waals surface area contributed by atoms with E-state index in [1.807, 2.05) is 18.2 Å². The molecule has 1 saturated carbocycles. The highest BCUT2D eigenvalue weighted by molar-refractivity contribution is 6.30. The van der Waals surface area contributed by atoms with Crippen molar-refractivity contribution in [3.8, 4) is 0 Å². The van der Waals surface area contributed by atoms with Gasteiger partial charge in [0.1, 0.15) is 6.04 Å². The fourth-order valence-electron chi connectivity index (χ4n) is 4.19. The Morgan fingerprint density at radius 2 is 2.04 bits per heavy atom. The van der Waals surface area contributed by atoms with Crippen LogP contribution < -0.4 is 10.9 Å². The molecule has 2 heterocycles. The summed E-state index contributed by atoms with van der Waals surface area (Å²) >= 11 is 6.45. The number of carboxylic acid groups (broad SMARTS) is 1. The number of hydrogen-bond donors (Lipinski definition) is 2. The Morgan fingerprint density at radius 3 is 2.68 bits per heavy atom. The molecule has 0 spiro atoms. The highest BCUT2D eigenvalue weighted by atomic mass is 35.5. The third-order valence-corrected chi connectivity index (χ3v) is 6.18. The lowest BCUT2D eigenvalue weighted by molar-refractivity contribution is -0.140. The lowest BCUT2D eigenvalue weighted by Gasteiger charge is -2.27. The SMILES string of the molecule is O=C(O)[C@@H]1C[C@@H](CCCc2ccccc2)c2c(Cl)nc(NC3CCC3)c(=O)n21. The first kappa shape index (κ1) is 19.0. The largest absolute Gasteiger partial charge is 0.480 e. The van der Waals surface area contributed by atoms with Gasteiger partial charge in [0.25, 0.3) is 5.56 Å². The average molecular weight is 402 g/mol. The number of aliphatic carboxylic acids is 1. The highest BCUT2D eigenvalue weighted by Crippen LogP contribution is 2.41. The maximum Gasteiger partial charge on any atom is 0.326 e. The van der Waals surface area contributed by atoms with E-state index in [1.165, 1.54) is 10.1 Å². The molecule has 1 aliphatic heterocycles. The van der Waals surface area contributed by atoms with Crippen molar-refractivity contribution in [1.82, 2.24) is 9.55 Å². The van der Waals surface area contributed by atoms with Crippen LogP contribution in [0.15, 0.2) is 35.1 Å². The Morgan fingerprint density at radius 1 is 1.29 bits per heavy atom. The molecule has 1 aromatic carbocycles. The summed E-state index contributed by atoms with van der Waals surface area (Å²) in [5.41, 5.74) is 1.45. The molecular formula is C21H24ClN3O3. The quantitative estimate of drug-likeness (QED) is 0.732. The number of aryl methyl sites for hydroxylation is 1. The Kier molecular flexibility index (Phi) is 5.40. The van der Waals surface area contributed by atoms with Crippen LogP contribution in [-0.2, 0) is 11.2 Å². The van der Waals surface area contributed by atoms with Crippen molar-refractivity contribution in [3.63, 3.8) is 0 Å². The zero-order valence-corrected chi connectivity index (χ0v) is 16.4. The number of fused-ring (bicyclic) bond motifs is 1. The number of rotatable bonds is 7. The number of aromatic nitrogens is 2. The van der Waals surface area contributed by atoms with E-state index in [1.54, 1.807) is 0 Å². The van der Waals surface area contributed by atoms with E-state index < -0.39 is 12.0 Å². The minimum atomic E-state index is -0.995. The predicted molar refractivity (Wildman–Crippen MR) is 108 cm³/mol. The van der Waals surface area contributed by atoms with Crippen LogP contribution in [0, 0.1) is 0 Å². The van der Waals surface area contributed by atoms with E-state index in [4.69, 9.17) is 11.6 Å². The molecule has 2 aliphatic rings. The van der Waals surface area contributed by atoms with E-state index in [9.17, 15) is 14.7 Å². The van der Waals surface area contributed by atoms with Crippen LogP contribution in [0.3, 0.4) is 0 Å². The summed E-state index contributed by atoms with van der Waals surface area (Å²) in [5.74, 6) is -0.893. The van der Waals surface area contributed by atoms with Gasteiger partial charge >= 0.3 is 5.97 Å². The summed E-state index contributed by atoms with van der Waals surface area (Å²) in [7, 11) is 0. The molecule has 6 nitrogen and oxygen atoms in total. The highest BCUT2D eigenvalue weighted by Gasteiger charge is 2.39. The van der Waals surface area contributed by atoms with Crippen molar-refractivity contribution >= 4 is 23.4 Å². The second kappa shape index (κ2) is 7.95. The van der Waals surface area contributed by atoms with Gasteiger partial charge in [-0.25, -0.2) is 9.78 Å². The van der Waals surface area contributed by atoms with Gasteiger partial charge in [0.05, 0.1) is 5.69 Å². The number of halogens is 1. The van der Waals surface area contributed by atoms with Gasteiger partial charge in [0.15, 0.2) is 11.0 Å². The van der Waals surface area contributed by atoms with Crippen molar-refractivity contribution in [2.24, 2.45) is 0 Å². The minimum absolute atomic E-state index is 0.0738. The van der Waals surface area contributed by atoms with Gasteiger partial charge in [-0.3, -0.25) is 9.36 Å². The molecule has 1 fully saturated rings. The molecule has 1 aliphatic carbocycles. The van der Waals surface area contributed by atoms with E-state index >= 15 is 0 Å². The predicted octanol–water partition coefficient (Wildman–Crippen LogP) is 4.00. The number of nitrogens with zero attached hydrogens (tertiary/aromatic N) is 2. The molecular weight excluding hydrogens is 378 g/mol. The molecule has 2 N–H and O–H groups in total. The monoisotopic (exact) mass is 401 g/mol. The second-order valence-electron chi connectivity index (χ2n) is 7.75. The van der Waals surface area contributed by atoms with Crippen LogP contribution in [0.5, 0.6) is 0 Å². The molecule has 0 unspecified atom stereocenters. The maximum atomic E-state index is 13.0. The van der Waals surface area contributed by atoms with E-state index in [0.29, 0.717) is 12.1 Å². The fraction of sp³-hybridized carbons (Fsp3) is 0.476. The fourth-order valence-corrected chi connectivity index (χ4v) is 4.52. The Hall–Kier alpha value is -2.34. The number of carbonyl (C=O) groups is 1. The van der Waals surface area contributed by atoms with Gasteiger partial charge in [-0.15, -0.1) is 0 Å². The number of nitrogens with one attached hydrogen (secondary N) is 1. The van der Waals surface area contributed by atoms with Gasteiger partial charge in [0, 0.05) is 12.0 Å². The van der Waals surface area contributed by atoms with Crippen molar-refractivity contribution in [3.05, 3.63) is 57.1 Å². The molecule has 2 atom stereocenters. The van der Waals surface area contributed by atoms with Crippen molar-refractivity contribution in [1.29, 1.82) is 0 Å². The normalized spacial score (nSPS) is 21.2. The summed E-state index contributed by atoms with van der Waals surface area (Å²) in [5, 5.41) is 13.1. The van der Waals surface area contributed by atoms with Gasteiger partial charge in [-0.2, -0.15) is 0 Å². The molecule has 7 heteroatoms. The van der Waals surface area contributed by atoms with Crippen LogP contribution in [0.4, 0.5) is 5.82 Å². The zero-order valence-electron chi connectivity index (χ0n) is 15.6. The lowest BCUT2D eigenvalue weighted by atomic mass is 9.93. The molecule has 0 amide bonds. The molecule has 148 valence electrons. The average Bonchev–Trinajstić information content (AvgIpc) is 3.03. The standard InChI is InChI=1S/C21H24ClN3O3/c22-18-17-14(9-4-8-13-6-2-1-3-7-13)12-16(21(27)28)25(17)20(26)19(24-18)23-15-10-5-11-15/h1-3,6-7,14-16H,4-5,8-12H2,(H,23,24)(H,27,28)/t14-,16+/m1/s1. The molecule has 0 saturated heterocycles. The van der Waals surface area contributed by atoms with Crippen LogP contribution in [0.2, 0.25) is 5.15 Å². The third-order valence-electron chi connectivity index (χ3n) is 5.90. The van der Waals surface area contributed by atoms with Crippen LogP contribution in [0.1, 0.15) is 61.7 Å². The molecule has 1 aromatic heterocycles. The topological polar surface area (TPSA) is 84.2 Å². The minimum Gasteiger partial charge on any atom is -0.480 e. The summed E-state index contributed by atoms with van der Waals surface area (Å²) in [6.45, 7) is 0. The van der Waals surface area contributed by atoms with Crippen molar-refractivity contribution in [2.75, 3.05) is 5.32 Å². The van der Waals surface area contributed by atoms with Gasteiger partial charge < -0.3 is 10.4 Å². The van der Waals surface area contributed by atoms with E-state index in [2.05, 4.69) is 22.4 Å². The van der Waals surface area contributed by atoms with Crippen molar-refractivity contribution in [2.45, 2.75) is 62.9 Å². The molecule has 2 aromatic rings. The smallest absolute Gasteiger partial charge is 0.326 e. The first-order chi connectivity index (χ1) is 13.5. The number of anilines is 1. The Balaban J connectivity index is 1.57. The first-order valence-corrected chi connectivity index (χ1v) is 10.3. The van der Waals surface area contributed by atoms with Crippen LogP contribution in [0.25, 0.3) is 0 Å². The molecule has 0 bridgehead atoms.